The van der Waals surface area contributed by atoms with Crippen LogP contribution in [-0.2, 0) is 19.1 Å². The van der Waals surface area contributed by atoms with Gasteiger partial charge < -0.3 is 19.7 Å². The molecule has 1 rings (SSSR count). The van der Waals surface area contributed by atoms with E-state index in [4.69, 9.17) is 32.7 Å². The van der Waals surface area contributed by atoms with Crippen molar-refractivity contribution in [2.24, 2.45) is 0 Å². The molecule has 0 aliphatic carbocycles. The van der Waals surface area contributed by atoms with E-state index in [-0.39, 0.29) is 23.8 Å². The highest BCUT2D eigenvalue weighted by Gasteiger charge is 2.22. The molecular weight excluding hydrogens is 331 g/mol. The number of nitrogens with one attached hydrogen (secondary N) is 1. The number of rotatable bonds is 7. The Morgan fingerprint density at radius 1 is 1.14 bits per heavy atom. The Morgan fingerprint density at radius 3 is 2.27 bits per heavy atom. The van der Waals surface area contributed by atoms with Gasteiger partial charge in [0.2, 0.25) is 0 Å². The SMILES string of the molecule is COCCN(CCOC)C(=O)C(=O)Nc1cccc(Cl)c1Cl. The van der Waals surface area contributed by atoms with E-state index in [1.165, 1.54) is 19.1 Å². The molecule has 0 saturated carbocycles. The van der Waals surface area contributed by atoms with Crippen molar-refractivity contribution in [3.8, 4) is 0 Å². The molecule has 0 aromatic heterocycles. The highest BCUT2D eigenvalue weighted by Crippen LogP contribution is 2.29. The molecule has 2 amide bonds. The van der Waals surface area contributed by atoms with Gasteiger partial charge in [-0.2, -0.15) is 0 Å². The number of halogens is 2. The number of benzene rings is 1. The zero-order valence-electron chi connectivity index (χ0n) is 12.4. The molecule has 0 heterocycles. The number of methoxy groups -OCH3 is 2. The van der Waals surface area contributed by atoms with E-state index < -0.39 is 11.8 Å². The van der Waals surface area contributed by atoms with E-state index in [0.29, 0.717) is 18.2 Å². The molecule has 22 heavy (non-hydrogen) atoms. The van der Waals surface area contributed by atoms with Crippen molar-refractivity contribution in [1.29, 1.82) is 0 Å². The normalized spacial score (nSPS) is 10.4. The van der Waals surface area contributed by atoms with Crippen molar-refractivity contribution < 1.29 is 19.1 Å². The molecule has 0 unspecified atom stereocenters. The Labute approximate surface area is 139 Å². The minimum absolute atomic E-state index is 0.186. The Bertz CT molecular complexity index is 518. The molecule has 0 saturated heterocycles. The van der Waals surface area contributed by atoms with E-state index in [1.54, 1.807) is 18.2 Å². The first kappa shape index (κ1) is 18.7. The maximum absolute atomic E-state index is 12.2. The van der Waals surface area contributed by atoms with Crippen LogP contribution in [0, 0.1) is 0 Å². The standard InChI is InChI=1S/C14H18Cl2N2O4/c1-21-8-6-18(7-9-22-2)14(20)13(19)17-11-5-3-4-10(15)12(11)16/h3-5H,6-9H2,1-2H3,(H,17,19). The fourth-order valence-corrected chi connectivity index (χ4v) is 1.99. The smallest absolute Gasteiger partial charge is 0.313 e. The van der Waals surface area contributed by atoms with Crippen molar-refractivity contribution >= 4 is 40.7 Å². The van der Waals surface area contributed by atoms with Gasteiger partial charge in [0.05, 0.1) is 28.9 Å². The minimum Gasteiger partial charge on any atom is -0.383 e. The molecule has 1 aromatic carbocycles. The van der Waals surface area contributed by atoms with E-state index >= 15 is 0 Å². The third-order valence-electron chi connectivity index (χ3n) is 2.81. The molecule has 1 aromatic rings. The number of hydrogen-bond acceptors (Lipinski definition) is 4. The van der Waals surface area contributed by atoms with Crippen LogP contribution in [0.15, 0.2) is 18.2 Å². The number of carbonyl (C=O) groups is 2. The molecule has 0 aliphatic rings. The first-order valence-electron chi connectivity index (χ1n) is 6.53. The molecule has 0 atom stereocenters. The summed E-state index contributed by atoms with van der Waals surface area (Å²) < 4.78 is 9.86. The Balaban J connectivity index is 2.75. The van der Waals surface area contributed by atoms with E-state index in [9.17, 15) is 9.59 Å². The molecule has 1 N–H and O–H groups in total. The number of ether oxygens (including phenoxy) is 2. The van der Waals surface area contributed by atoms with Crippen LogP contribution < -0.4 is 5.32 Å². The van der Waals surface area contributed by atoms with Crippen LogP contribution in [0.25, 0.3) is 0 Å². The summed E-state index contributed by atoms with van der Waals surface area (Å²) in [4.78, 5) is 25.6. The number of carbonyl (C=O) groups excluding carboxylic acids is 2. The maximum atomic E-state index is 12.2. The van der Waals surface area contributed by atoms with E-state index in [1.807, 2.05) is 0 Å². The predicted molar refractivity (Wildman–Crippen MR) is 85.4 cm³/mol. The largest absolute Gasteiger partial charge is 0.383 e. The van der Waals surface area contributed by atoms with E-state index in [0.717, 1.165) is 0 Å². The molecule has 122 valence electrons. The van der Waals surface area contributed by atoms with Crippen LogP contribution in [0.4, 0.5) is 5.69 Å². The fourth-order valence-electron chi connectivity index (χ4n) is 1.64. The van der Waals surface area contributed by atoms with Crippen LogP contribution in [0.2, 0.25) is 10.0 Å². The number of anilines is 1. The molecule has 0 aliphatic heterocycles. The lowest BCUT2D eigenvalue weighted by molar-refractivity contribution is -0.144. The lowest BCUT2D eigenvalue weighted by atomic mass is 10.3. The summed E-state index contributed by atoms with van der Waals surface area (Å²) in [6.07, 6.45) is 0. The van der Waals surface area contributed by atoms with Gasteiger partial charge in [0.25, 0.3) is 0 Å². The molecule has 0 radical (unpaired) electrons. The van der Waals surface area contributed by atoms with Crippen molar-refractivity contribution in [3.05, 3.63) is 28.2 Å². The first-order chi connectivity index (χ1) is 10.5. The van der Waals surface area contributed by atoms with Gasteiger partial charge in [-0.3, -0.25) is 9.59 Å². The maximum Gasteiger partial charge on any atom is 0.313 e. The summed E-state index contributed by atoms with van der Waals surface area (Å²) in [7, 11) is 3.04. The van der Waals surface area contributed by atoms with Crippen molar-refractivity contribution in [2.75, 3.05) is 45.8 Å². The fraction of sp³-hybridized carbons (Fsp3) is 0.429. The molecule has 0 fully saturated rings. The van der Waals surface area contributed by atoms with Crippen molar-refractivity contribution in [1.82, 2.24) is 4.90 Å². The topological polar surface area (TPSA) is 67.9 Å². The van der Waals surface area contributed by atoms with Crippen molar-refractivity contribution in [3.63, 3.8) is 0 Å². The van der Waals surface area contributed by atoms with Gasteiger partial charge >= 0.3 is 11.8 Å². The average Bonchev–Trinajstić information content (AvgIpc) is 2.51. The molecule has 0 spiro atoms. The third-order valence-corrected chi connectivity index (χ3v) is 3.63. The second kappa shape index (κ2) is 9.63. The van der Waals surface area contributed by atoms with Crippen LogP contribution in [0.3, 0.4) is 0 Å². The van der Waals surface area contributed by atoms with Gasteiger partial charge in [-0.15, -0.1) is 0 Å². The lowest BCUT2D eigenvalue weighted by Crippen LogP contribution is -2.43. The Hall–Kier alpha value is -1.34. The van der Waals surface area contributed by atoms with Crippen LogP contribution in [-0.4, -0.2) is 57.2 Å². The quantitative estimate of drug-likeness (QED) is 0.765. The summed E-state index contributed by atoms with van der Waals surface area (Å²) in [6.45, 7) is 1.21. The van der Waals surface area contributed by atoms with Crippen molar-refractivity contribution in [2.45, 2.75) is 0 Å². The average molecular weight is 349 g/mol. The predicted octanol–water partition coefficient (Wildman–Crippen LogP) is 2.05. The number of nitrogens with zero attached hydrogens (tertiary/aromatic N) is 1. The zero-order valence-corrected chi connectivity index (χ0v) is 13.9. The molecule has 6 nitrogen and oxygen atoms in total. The second-order valence-corrected chi connectivity index (χ2v) is 5.12. The van der Waals surface area contributed by atoms with Crippen LogP contribution >= 0.6 is 23.2 Å². The van der Waals surface area contributed by atoms with Gasteiger partial charge in [-0.1, -0.05) is 29.3 Å². The van der Waals surface area contributed by atoms with Gasteiger partial charge in [0, 0.05) is 27.3 Å². The first-order valence-corrected chi connectivity index (χ1v) is 7.29. The third kappa shape index (κ3) is 5.46. The summed E-state index contributed by atoms with van der Waals surface area (Å²) >= 11 is 11.8. The van der Waals surface area contributed by atoms with E-state index in [2.05, 4.69) is 5.32 Å². The molecule has 0 bridgehead atoms. The highest BCUT2D eigenvalue weighted by molar-refractivity contribution is 6.45. The van der Waals surface area contributed by atoms with Gasteiger partial charge in [0.1, 0.15) is 0 Å². The van der Waals surface area contributed by atoms with Gasteiger partial charge in [0.15, 0.2) is 0 Å². The summed E-state index contributed by atoms with van der Waals surface area (Å²) in [5, 5.41) is 2.94. The monoisotopic (exact) mass is 348 g/mol. The van der Waals surface area contributed by atoms with Gasteiger partial charge in [-0.05, 0) is 12.1 Å². The Morgan fingerprint density at radius 2 is 1.73 bits per heavy atom. The lowest BCUT2D eigenvalue weighted by Gasteiger charge is -2.21. The molecule has 8 heteroatoms. The molecular formula is C14H18Cl2N2O4. The Kier molecular flexibility index (Phi) is 8.19. The second-order valence-electron chi connectivity index (χ2n) is 4.33. The number of hydrogen-bond donors (Lipinski definition) is 1. The summed E-state index contributed by atoms with van der Waals surface area (Å²) in [6, 6.07) is 4.78. The zero-order chi connectivity index (χ0) is 16.5. The highest BCUT2D eigenvalue weighted by atomic mass is 35.5. The van der Waals surface area contributed by atoms with Crippen LogP contribution in [0.1, 0.15) is 0 Å². The van der Waals surface area contributed by atoms with Crippen LogP contribution in [0.5, 0.6) is 0 Å². The number of amides is 2. The summed E-state index contributed by atoms with van der Waals surface area (Å²) in [5.41, 5.74) is 0.283. The summed E-state index contributed by atoms with van der Waals surface area (Å²) in [5.74, 6) is -1.48. The minimum atomic E-state index is -0.795. The van der Waals surface area contributed by atoms with Gasteiger partial charge in [-0.25, -0.2) is 0 Å².